The lowest BCUT2D eigenvalue weighted by Crippen LogP contribution is -2.18. The molecule has 1 N–H and O–H groups in total. The maximum Gasteiger partial charge on any atom is 0.163 e. The van der Waals surface area contributed by atoms with Gasteiger partial charge in [0, 0.05) is 11.6 Å². The molecule has 0 aliphatic carbocycles. The summed E-state index contributed by atoms with van der Waals surface area (Å²) in [6.07, 6.45) is 1.55. The summed E-state index contributed by atoms with van der Waals surface area (Å²) in [7, 11) is 4.73. The van der Waals surface area contributed by atoms with Gasteiger partial charge in [-0.25, -0.2) is 4.39 Å². The summed E-state index contributed by atoms with van der Waals surface area (Å²) in [5, 5.41) is 3.02. The van der Waals surface area contributed by atoms with E-state index in [1.807, 2.05) is 0 Å². The lowest BCUT2D eigenvalue weighted by Gasteiger charge is -2.17. The van der Waals surface area contributed by atoms with Gasteiger partial charge >= 0.3 is 0 Å². The Morgan fingerprint density at radius 2 is 1.89 bits per heavy atom. The Morgan fingerprint density at radius 1 is 1.21 bits per heavy atom. The molecule has 4 nitrogen and oxygen atoms in total. The standard InChI is InChI=1S/C14H16FNO3/c1-16-14(11-5-4-6-19-11)9-7-12(17-2)13(18-3)8-10(9)15/h4-8,14,16H,1-3H3. The normalized spacial score (nSPS) is 12.2. The molecule has 0 bridgehead atoms. The highest BCUT2D eigenvalue weighted by Crippen LogP contribution is 2.34. The second-order valence-corrected chi connectivity index (χ2v) is 3.97. The summed E-state index contributed by atoms with van der Waals surface area (Å²) < 4.78 is 29.8. The molecule has 5 heteroatoms. The van der Waals surface area contributed by atoms with Crippen LogP contribution in [-0.2, 0) is 0 Å². The Hall–Kier alpha value is -2.01. The van der Waals surface area contributed by atoms with Crippen LogP contribution in [-0.4, -0.2) is 21.3 Å². The number of hydrogen-bond acceptors (Lipinski definition) is 4. The van der Waals surface area contributed by atoms with E-state index >= 15 is 0 Å². The quantitative estimate of drug-likeness (QED) is 0.902. The molecule has 2 rings (SSSR count). The number of benzene rings is 1. The van der Waals surface area contributed by atoms with E-state index in [0.717, 1.165) is 0 Å². The van der Waals surface area contributed by atoms with Crippen LogP contribution in [0.25, 0.3) is 0 Å². The van der Waals surface area contributed by atoms with Crippen LogP contribution in [0.2, 0.25) is 0 Å². The number of halogens is 1. The van der Waals surface area contributed by atoms with Crippen LogP contribution in [0, 0.1) is 5.82 Å². The minimum atomic E-state index is -0.381. The van der Waals surface area contributed by atoms with Gasteiger partial charge in [-0.3, -0.25) is 0 Å². The molecule has 0 aliphatic heterocycles. The van der Waals surface area contributed by atoms with Crippen molar-refractivity contribution in [3.63, 3.8) is 0 Å². The summed E-state index contributed by atoms with van der Waals surface area (Å²) >= 11 is 0. The monoisotopic (exact) mass is 265 g/mol. The molecule has 0 saturated heterocycles. The largest absolute Gasteiger partial charge is 0.493 e. The van der Waals surface area contributed by atoms with Gasteiger partial charge in [0.2, 0.25) is 0 Å². The summed E-state index contributed by atoms with van der Waals surface area (Å²) in [6, 6.07) is 6.09. The third-order valence-electron chi connectivity index (χ3n) is 2.93. The number of methoxy groups -OCH3 is 2. The van der Waals surface area contributed by atoms with Crippen molar-refractivity contribution < 1.29 is 18.3 Å². The van der Waals surface area contributed by atoms with E-state index in [1.54, 1.807) is 31.5 Å². The van der Waals surface area contributed by atoms with Crippen molar-refractivity contribution in [2.45, 2.75) is 6.04 Å². The molecule has 0 radical (unpaired) electrons. The molecule has 1 heterocycles. The fourth-order valence-corrected chi connectivity index (χ4v) is 2.00. The van der Waals surface area contributed by atoms with Gasteiger partial charge in [0.1, 0.15) is 11.6 Å². The van der Waals surface area contributed by atoms with E-state index in [4.69, 9.17) is 13.9 Å². The third kappa shape index (κ3) is 2.56. The summed E-state index contributed by atoms with van der Waals surface area (Å²) in [4.78, 5) is 0. The van der Waals surface area contributed by atoms with Gasteiger partial charge in [0.15, 0.2) is 11.5 Å². The molecule has 19 heavy (non-hydrogen) atoms. The predicted molar refractivity (Wildman–Crippen MR) is 69.1 cm³/mol. The molecule has 0 saturated carbocycles. The smallest absolute Gasteiger partial charge is 0.163 e. The van der Waals surface area contributed by atoms with Crippen molar-refractivity contribution in [2.75, 3.05) is 21.3 Å². The first-order chi connectivity index (χ1) is 9.21. The van der Waals surface area contributed by atoms with Crippen LogP contribution in [0.5, 0.6) is 11.5 Å². The van der Waals surface area contributed by atoms with Crippen molar-refractivity contribution >= 4 is 0 Å². The first-order valence-electron chi connectivity index (χ1n) is 5.83. The second-order valence-electron chi connectivity index (χ2n) is 3.97. The predicted octanol–water partition coefficient (Wildman–Crippen LogP) is 2.74. The molecule has 0 fully saturated rings. The minimum absolute atomic E-state index is 0.359. The number of hydrogen-bond donors (Lipinski definition) is 1. The molecular weight excluding hydrogens is 249 g/mol. The fourth-order valence-electron chi connectivity index (χ4n) is 2.00. The van der Waals surface area contributed by atoms with Crippen LogP contribution >= 0.6 is 0 Å². The van der Waals surface area contributed by atoms with Crippen molar-refractivity contribution in [1.82, 2.24) is 5.32 Å². The lowest BCUT2D eigenvalue weighted by atomic mass is 10.0. The van der Waals surface area contributed by atoms with Gasteiger partial charge in [-0.1, -0.05) is 0 Å². The number of furan rings is 1. The Morgan fingerprint density at radius 3 is 2.42 bits per heavy atom. The van der Waals surface area contributed by atoms with Crippen molar-refractivity contribution in [3.8, 4) is 11.5 Å². The average Bonchev–Trinajstić information content (AvgIpc) is 2.94. The number of ether oxygens (including phenoxy) is 2. The molecule has 0 amide bonds. The van der Waals surface area contributed by atoms with Gasteiger partial charge < -0.3 is 19.2 Å². The molecule has 0 aliphatic rings. The molecule has 1 atom stereocenters. The Bertz CT molecular complexity index is 540. The topological polar surface area (TPSA) is 43.6 Å². The number of nitrogens with one attached hydrogen (secondary N) is 1. The molecular formula is C14H16FNO3. The zero-order valence-corrected chi connectivity index (χ0v) is 11.1. The zero-order valence-electron chi connectivity index (χ0n) is 11.1. The Kier molecular flexibility index (Phi) is 4.06. The summed E-state index contributed by atoms with van der Waals surface area (Å²) in [6.45, 7) is 0. The van der Waals surface area contributed by atoms with Gasteiger partial charge in [-0.15, -0.1) is 0 Å². The third-order valence-corrected chi connectivity index (χ3v) is 2.93. The highest BCUT2D eigenvalue weighted by Gasteiger charge is 2.21. The minimum Gasteiger partial charge on any atom is -0.493 e. The van der Waals surface area contributed by atoms with Crippen molar-refractivity contribution in [1.29, 1.82) is 0 Å². The van der Waals surface area contributed by atoms with Crippen LogP contribution in [0.1, 0.15) is 17.4 Å². The van der Waals surface area contributed by atoms with Crippen LogP contribution in [0.15, 0.2) is 34.9 Å². The maximum absolute atomic E-state index is 14.2. The van der Waals surface area contributed by atoms with Crippen molar-refractivity contribution in [3.05, 3.63) is 47.7 Å². The summed E-state index contributed by atoms with van der Waals surface area (Å²) in [5.74, 6) is 1.09. The SMILES string of the molecule is CNC(c1ccco1)c1cc(OC)c(OC)cc1F. The van der Waals surface area contributed by atoms with Gasteiger partial charge in [0.05, 0.1) is 26.5 Å². The summed E-state index contributed by atoms with van der Waals surface area (Å²) in [5.41, 5.74) is 0.440. The molecule has 1 unspecified atom stereocenters. The molecule has 2 aromatic rings. The van der Waals surface area contributed by atoms with Crippen LogP contribution in [0.3, 0.4) is 0 Å². The average molecular weight is 265 g/mol. The molecule has 102 valence electrons. The lowest BCUT2D eigenvalue weighted by molar-refractivity contribution is 0.350. The van der Waals surface area contributed by atoms with E-state index in [9.17, 15) is 4.39 Å². The van der Waals surface area contributed by atoms with Crippen LogP contribution < -0.4 is 14.8 Å². The van der Waals surface area contributed by atoms with Crippen molar-refractivity contribution in [2.24, 2.45) is 0 Å². The highest BCUT2D eigenvalue weighted by molar-refractivity contribution is 5.46. The fraction of sp³-hybridized carbons (Fsp3) is 0.286. The molecule has 1 aromatic heterocycles. The van der Waals surface area contributed by atoms with E-state index < -0.39 is 0 Å². The van der Waals surface area contributed by atoms with Gasteiger partial charge in [-0.05, 0) is 25.2 Å². The Balaban J connectivity index is 2.48. The first kappa shape index (κ1) is 13.4. The highest BCUT2D eigenvalue weighted by atomic mass is 19.1. The molecule has 1 aromatic carbocycles. The Labute approximate surface area is 111 Å². The van der Waals surface area contributed by atoms with Gasteiger partial charge in [0.25, 0.3) is 0 Å². The first-order valence-corrected chi connectivity index (χ1v) is 5.83. The number of rotatable bonds is 5. The van der Waals surface area contributed by atoms with Gasteiger partial charge in [-0.2, -0.15) is 0 Å². The zero-order chi connectivity index (χ0) is 13.8. The van der Waals surface area contributed by atoms with E-state index in [0.29, 0.717) is 22.8 Å². The van der Waals surface area contributed by atoms with E-state index in [-0.39, 0.29) is 11.9 Å². The van der Waals surface area contributed by atoms with E-state index in [1.165, 1.54) is 20.3 Å². The molecule has 0 spiro atoms. The maximum atomic E-state index is 14.2. The second kappa shape index (κ2) is 5.75. The van der Waals surface area contributed by atoms with E-state index in [2.05, 4.69) is 5.32 Å². The van der Waals surface area contributed by atoms with Crippen LogP contribution in [0.4, 0.5) is 4.39 Å².